The Morgan fingerprint density at radius 3 is 2.28 bits per heavy atom. The second-order valence-corrected chi connectivity index (χ2v) is 5.05. The molecule has 0 saturated carbocycles. The molecule has 0 aliphatic carbocycles. The molecule has 7 heteroatoms. The largest absolute Gasteiger partial charge is 0.417 e. The van der Waals surface area contributed by atoms with Gasteiger partial charge in [0.25, 0.3) is 0 Å². The Hall–Kier alpha value is -0.820. The summed E-state index contributed by atoms with van der Waals surface area (Å²) in [6.45, 7) is 1.39. The molecule has 1 amide bonds. The van der Waals surface area contributed by atoms with Gasteiger partial charge in [0.2, 0.25) is 5.91 Å². The highest BCUT2D eigenvalue weighted by Gasteiger charge is 2.54. The molecule has 2 rings (SSSR count). The topological polar surface area (TPSA) is 43.8 Å². The number of nitrogens with zero attached hydrogens (tertiary/aromatic N) is 2. The Morgan fingerprint density at radius 2 is 1.83 bits per heavy atom. The van der Waals surface area contributed by atoms with Gasteiger partial charge in [0.05, 0.1) is 6.67 Å². The fourth-order valence-corrected chi connectivity index (χ4v) is 2.44. The van der Waals surface area contributed by atoms with Gasteiger partial charge in [0.1, 0.15) is 0 Å². The lowest BCUT2D eigenvalue weighted by Crippen LogP contribution is -2.54. The van der Waals surface area contributed by atoms with E-state index in [-0.39, 0.29) is 31.8 Å². The monoisotopic (exact) mass is 266 g/mol. The van der Waals surface area contributed by atoms with E-state index in [4.69, 9.17) is 0 Å². The minimum Gasteiger partial charge on any atom is -0.380 e. The van der Waals surface area contributed by atoms with Crippen molar-refractivity contribution < 1.29 is 23.1 Å². The Morgan fingerprint density at radius 1 is 1.22 bits per heavy atom. The lowest BCUT2D eigenvalue weighted by Gasteiger charge is -2.40. The predicted octanol–water partition coefficient (Wildman–Crippen LogP) is 0.955. The molecule has 0 aromatic carbocycles. The van der Waals surface area contributed by atoms with Gasteiger partial charge < -0.3 is 10.0 Å². The minimum atomic E-state index is -4.57. The lowest BCUT2D eigenvalue weighted by molar-refractivity contribution is -0.273. The third kappa shape index (κ3) is 2.61. The maximum Gasteiger partial charge on any atom is 0.417 e. The summed E-state index contributed by atoms with van der Waals surface area (Å²) in [5.74, 6) is 0.0617. The number of hydrogen-bond acceptors (Lipinski definition) is 3. The highest BCUT2D eigenvalue weighted by Crippen LogP contribution is 2.38. The number of aliphatic hydroxyl groups is 1. The summed E-state index contributed by atoms with van der Waals surface area (Å²) < 4.78 is 37.8. The van der Waals surface area contributed by atoms with Crippen LogP contribution in [0.3, 0.4) is 0 Å². The van der Waals surface area contributed by atoms with E-state index in [1.807, 2.05) is 0 Å². The number of rotatable bonds is 2. The summed E-state index contributed by atoms with van der Waals surface area (Å²) in [4.78, 5) is 14.9. The van der Waals surface area contributed by atoms with E-state index < -0.39 is 11.8 Å². The van der Waals surface area contributed by atoms with Crippen molar-refractivity contribution in [3.8, 4) is 0 Å². The van der Waals surface area contributed by atoms with E-state index in [1.54, 1.807) is 9.80 Å². The normalized spacial score (nSPS) is 25.8. The van der Waals surface area contributed by atoms with Gasteiger partial charge in [-0.3, -0.25) is 9.69 Å². The molecule has 104 valence electrons. The molecule has 1 N–H and O–H groups in total. The van der Waals surface area contributed by atoms with Crippen molar-refractivity contribution in [3.63, 3.8) is 0 Å². The molecule has 2 heterocycles. The molecule has 0 unspecified atom stereocenters. The van der Waals surface area contributed by atoms with E-state index in [0.717, 1.165) is 6.42 Å². The van der Waals surface area contributed by atoms with Crippen molar-refractivity contribution in [2.75, 3.05) is 26.3 Å². The number of carbonyl (C=O) groups is 1. The SMILES string of the molecule is O=C1CCCN1CN1CCC(O)(C(F)(F)F)CC1. The molecule has 0 radical (unpaired) electrons. The quantitative estimate of drug-likeness (QED) is 0.809. The highest BCUT2D eigenvalue weighted by atomic mass is 19.4. The minimum absolute atomic E-state index is 0.0617. The van der Waals surface area contributed by atoms with E-state index in [1.165, 1.54) is 0 Å². The van der Waals surface area contributed by atoms with Gasteiger partial charge in [0.15, 0.2) is 5.60 Å². The molecule has 18 heavy (non-hydrogen) atoms. The predicted molar refractivity (Wildman–Crippen MR) is 57.6 cm³/mol. The molecule has 0 spiro atoms. The number of hydrogen-bond donors (Lipinski definition) is 1. The molecule has 2 aliphatic heterocycles. The van der Waals surface area contributed by atoms with E-state index in [0.29, 0.717) is 19.6 Å². The number of carbonyl (C=O) groups excluding carboxylic acids is 1. The van der Waals surface area contributed by atoms with Gasteiger partial charge in [-0.15, -0.1) is 0 Å². The van der Waals surface area contributed by atoms with Crippen LogP contribution >= 0.6 is 0 Å². The molecule has 2 fully saturated rings. The molecule has 2 saturated heterocycles. The summed E-state index contributed by atoms with van der Waals surface area (Å²) in [5, 5.41) is 9.51. The standard InChI is InChI=1S/C11H17F3N2O2/c12-11(13,14)10(18)3-6-15(7-4-10)8-16-5-1-2-9(16)17/h18H,1-8H2. The third-order valence-electron chi connectivity index (χ3n) is 3.75. The third-order valence-corrected chi connectivity index (χ3v) is 3.75. The number of piperidine rings is 1. The molecule has 4 nitrogen and oxygen atoms in total. The van der Waals surface area contributed by atoms with Gasteiger partial charge in [0, 0.05) is 26.1 Å². The summed E-state index contributed by atoms with van der Waals surface area (Å²) in [7, 11) is 0. The average Bonchev–Trinajstić information content (AvgIpc) is 2.66. The Bertz CT molecular complexity index is 325. The van der Waals surface area contributed by atoms with Crippen LogP contribution in [0.4, 0.5) is 13.2 Å². The summed E-state index contributed by atoms with van der Waals surface area (Å²) >= 11 is 0. The van der Waals surface area contributed by atoms with Crippen molar-refractivity contribution in [1.29, 1.82) is 0 Å². The first-order valence-corrected chi connectivity index (χ1v) is 6.11. The lowest BCUT2D eigenvalue weighted by atomic mass is 9.91. The van der Waals surface area contributed by atoms with Crippen LogP contribution in [-0.2, 0) is 4.79 Å². The van der Waals surface area contributed by atoms with Crippen LogP contribution in [0.1, 0.15) is 25.7 Å². The van der Waals surface area contributed by atoms with E-state index in [9.17, 15) is 23.1 Å². The van der Waals surface area contributed by atoms with E-state index >= 15 is 0 Å². The summed E-state index contributed by atoms with van der Waals surface area (Å²) in [5.41, 5.74) is -2.56. The van der Waals surface area contributed by atoms with Gasteiger partial charge >= 0.3 is 6.18 Å². The molecule has 2 aliphatic rings. The Balaban J connectivity index is 1.85. The van der Waals surface area contributed by atoms with Gasteiger partial charge in [-0.25, -0.2) is 0 Å². The molecule has 0 atom stereocenters. The van der Waals surface area contributed by atoms with Crippen LogP contribution in [0.15, 0.2) is 0 Å². The molecule has 0 bridgehead atoms. The van der Waals surface area contributed by atoms with Gasteiger partial charge in [-0.2, -0.15) is 13.2 Å². The molecule has 0 aromatic heterocycles. The average molecular weight is 266 g/mol. The second-order valence-electron chi connectivity index (χ2n) is 5.05. The van der Waals surface area contributed by atoms with Crippen LogP contribution < -0.4 is 0 Å². The molecular formula is C11H17F3N2O2. The highest BCUT2D eigenvalue weighted by molar-refractivity contribution is 5.77. The van der Waals surface area contributed by atoms with Crippen LogP contribution in [0.2, 0.25) is 0 Å². The van der Waals surface area contributed by atoms with E-state index in [2.05, 4.69) is 0 Å². The van der Waals surface area contributed by atoms with Crippen LogP contribution in [0, 0.1) is 0 Å². The maximum atomic E-state index is 12.6. The Kier molecular flexibility index (Phi) is 3.55. The number of amides is 1. The van der Waals surface area contributed by atoms with Gasteiger partial charge in [-0.05, 0) is 19.3 Å². The number of halogens is 3. The van der Waals surface area contributed by atoms with Crippen molar-refractivity contribution in [2.45, 2.75) is 37.5 Å². The number of likely N-dealkylation sites (tertiary alicyclic amines) is 2. The van der Waals surface area contributed by atoms with Crippen LogP contribution in [0.25, 0.3) is 0 Å². The van der Waals surface area contributed by atoms with Crippen molar-refractivity contribution in [1.82, 2.24) is 9.80 Å². The summed E-state index contributed by atoms with van der Waals surface area (Å²) in [6, 6.07) is 0. The maximum absolute atomic E-state index is 12.6. The van der Waals surface area contributed by atoms with Crippen LogP contribution in [0.5, 0.6) is 0 Å². The Labute approximate surface area is 103 Å². The van der Waals surface area contributed by atoms with Gasteiger partial charge in [-0.1, -0.05) is 0 Å². The molecule has 0 aromatic rings. The number of alkyl halides is 3. The first-order valence-electron chi connectivity index (χ1n) is 6.11. The summed E-state index contributed by atoms with van der Waals surface area (Å²) in [6.07, 6.45) is -3.86. The van der Waals surface area contributed by atoms with Crippen LogP contribution in [-0.4, -0.2) is 58.9 Å². The zero-order valence-corrected chi connectivity index (χ0v) is 10.0. The smallest absolute Gasteiger partial charge is 0.380 e. The van der Waals surface area contributed by atoms with Crippen molar-refractivity contribution >= 4 is 5.91 Å². The molecular weight excluding hydrogens is 249 g/mol. The first kappa shape index (κ1) is 13.6. The second kappa shape index (κ2) is 4.70. The van der Waals surface area contributed by atoms with Crippen molar-refractivity contribution in [3.05, 3.63) is 0 Å². The fourth-order valence-electron chi connectivity index (χ4n) is 2.44. The zero-order chi connectivity index (χ0) is 13.4. The fraction of sp³-hybridized carbons (Fsp3) is 0.909. The zero-order valence-electron chi connectivity index (χ0n) is 10.0. The first-order chi connectivity index (χ1) is 8.32. The van der Waals surface area contributed by atoms with Crippen molar-refractivity contribution in [2.24, 2.45) is 0 Å².